The van der Waals surface area contributed by atoms with E-state index in [4.69, 9.17) is 33.2 Å². The zero-order chi connectivity index (χ0) is 61.6. The predicted octanol–water partition coefficient (Wildman–Crippen LogP) is 8.75. The van der Waals surface area contributed by atoms with Crippen LogP contribution in [-0.4, -0.2) is 183 Å². The molecule has 8 unspecified atom stereocenters. The van der Waals surface area contributed by atoms with Gasteiger partial charge >= 0.3 is 17.9 Å². The molecule has 18 nitrogen and oxygen atoms in total. The second kappa shape index (κ2) is 35.3. The largest absolute Gasteiger partial charge is 0.460 e. The van der Waals surface area contributed by atoms with Gasteiger partial charge in [0.1, 0.15) is 24.0 Å². The minimum Gasteiger partial charge on any atom is -0.460 e. The van der Waals surface area contributed by atoms with Crippen molar-refractivity contribution in [1.29, 1.82) is 0 Å². The molecule has 3 heterocycles. The Morgan fingerprint density at radius 1 is 0.747 bits per heavy atom. The fourth-order valence-corrected chi connectivity index (χ4v) is 12.4. The molecular weight excluding hydrogens is 1060 g/mol. The highest BCUT2D eigenvalue weighted by atomic mass is 16.6. The van der Waals surface area contributed by atoms with Crippen molar-refractivity contribution in [3.63, 3.8) is 0 Å². The molecule has 4 rings (SSSR count). The van der Waals surface area contributed by atoms with Crippen molar-refractivity contribution in [3.05, 3.63) is 47.6 Å². The topological polar surface area (TPSA) is 214 Å². The van der Waals surface area contributed by atoms with Crippen molar-refractivity contribution in [2.75, 3.05) is 67.1 Å². The van der Waals surface area contributed by atoms with E-state index >= 15 is 0 Å². The highest BCUT2D eigenvalue weighted by molar-refractivity contribution is 6.39. The van der Waals surface area contributed by atoms with Crippen molar-refractivity contribution in [3.8, 4) is 0 Å². The fourth-order valence-electron chi connectivity index (χ4n) is 12.4. The monoisotopic (exact) mass is 1170 g/mol. The van der Waals surface area contributed by atoms with Crippen LogP contribution in [0.5, 0.6) is 0 Å². The van der Waals surface area contributed by atoms with Gasteiger partial charge in [-0.25, -0.2) is 4.79 Å². The molecule has 3 aliphatic heterocycles. The van der Waals surface area contributed by atoms with Gasteiger partial charge in [-0.3, -0.25) is 28.8 Å². The maximum absolute atomic E-state index is 14.8. The second-order valence-corrected chi connectivity index (χ2v) is 24.1. The van der Waals surface area contributed by atoms with E-state index in [-0.39, 0.29) is 67.7 Å². The van der Waals surface area contributed by atoms with Crippen molar-refractivity contribution in [2.45, 2.75) is 221 Å². The Labute approximate surface area is 496 Å². The van der Waals surface area contributed by atoms with Crippen LogP contribution in [0.1, 0.15) is 166 Å². The average molecular weight is 1170 g/mol. The summed E-state index contributed by atoms with van der Waals surface area (Å²) in [4.78, 5) is 105. The summed E-state index contributed by atoms with van der Waals surface area (Å²) < 4.78 is 42.6. The van der Waals surface area contributed by atoms with Gasteiger partial charge < -0.3 is 53.0 Å². The molecule has 1 amide bonds. The first-order chi connectivity index (χ1) is 39.5. The second-order valence-electron chi connectivity index (χ2n) is 24.1. The summed E-state index contributed by atoms with van der Waals surface area (Å²) in [6.45, 7) is 25.2. The van der Waals surface area contributed by atoms with Crippen LogP contribution in [-0.2, 0) is 66.7 Å². The SMILES string of the molecule is CCN(CC)CCC(=O)O[C@H]1CC[C@H](CC(C)[C@H]2CC(=O)C(C)/C=C(\C)[C@H](OC(=O)CCN(CC)CC)C(OC)C(=O)[C@@H](C)CC(C)\C=C/C=C/C=C(\C)C(OC)CC3CC[C@H](C)[C@](O)(O3)C(=O)C(=O)N3CCCCC3C(=O)O2)CC1OC. The first kappa shape index (κ1) is 71.1. The summed E-state index contributed by atoms with van der Waals surface area (Å²) in [7, 11) is 4.59. The standard InChI is InChI=1S/C65H105N3O15/c1-15-66(16-2)34-31-57(70)80-53-30-28-49(39-56(53)78-13)38-45(8)55-41-52(69)44(7)37-47(10)60(82-58(71)32-35-67(17-3)18-4)61(79-14)59(72)46(9)36-42(5)24-20-19-21-25-43(6)54(77-12)40-50-29-27-48(11)65(76,83-50)62(73)63(74)68-33-23-22-26-51(68)64(75)81-55/h19-21,24-25,37,42,44-46,48-51,53-56,60-61,76H,15-18,22-23,26-36,38-41H2,1-14H3/b21-19+,24-20-,43-25+,47-37+/t42?,44?,45?,46-,48-,49+,50?,51?,53-,54?,55+,56?,60-,61?,65-/m0/s1. The zero-order valence-corrected chi connectivity index (χ0v) is 52.9. The molecule has 470 valence electrons. The number of nitrogens with zero attached hydrogens (tertiary/aromatic N) is 3. The first-order valence-electron chi connectivity index (χ1n) is 31.1. The normalized spacial score (nSPS) is 34.2. The highest BCUT2D eigenvalue weighted by Crippen LogP contribution is 2.38. The number of hydrogen-bond acceptors (Lipinski definition) is 17. The zero-order valence-electron chi connectivity index (χ0n) is 52.9. The van der Waals surface area contributed by atoms with Gasteiger partial charge in [-0.15, -0.1) is 0 Å². The third-order valence-electron chi connectivity index (χ3n) is 18.0. The molecule has 83 heavy (non-hydrogen) atoms. The molecule has 0 aromatic carbocycles. The lowest BCUT2D eigenvalue weighted by Crippen LogP contribution is -2.61. The van der Waals surface area contributed by atoms with E-state index in [2.05, 4.69) is 23.6 Å². The number of esters is 3. The Morgan fingerprint density at radius 2 is 1.40 bits per heavy atom. The number of fused-ring (bicyclic) bond motifs is 3. The number of cyclic esters (lactones) is 1. The van der Waals surface area contributed by atoms with Crippen LogP contribution in [0, 0.1) is 35.5 Å². The Morgan fingerprint density at radius 3 is 2.01 bits per heavy atom. The predicted molar refractivity (Wildman–Crippen MR) is 318 cm³/mol. The summed E-state index contributed by atoms with van der Waals surface area (Å²) in [5, 5.41) is 12.1. The van der Waals surface area contributed by atoms with Gasteiger partial charge in [-0.2, -0.15) is 0 Å². The summed E-state index contributed by atoms with van der Waals surface area (Å²) in [6.07, 6.45) is 11.4. The number of ether oxygens (including phenoxy) is 7. The van der Waals surface area contributed by atoms with Crippen molar-refractivity contribution in [1.82, 2.24) is 14.7 Å². The molecule has 0 aromatic heterocycles. The van der Waals surface area contributed by atoms with Crippen molar-refractivity contribution < 1.29 is 71.8 Å². The van der Waals surface area contributed by atoms with Gasteiger partial charge in [-0.1, -0.05) is 98.8 Å². The van der Waals surface area contributed by atoms with E-state index in [0.29, 0.717) is 82.9 Å². The number of Topliss-reactive ketones (excluding diaryl/α,β-unsaturated/α-hetero) is 3. The molecule has 0 aromatic rings. The van der Waals surface area contributed by atoms with E-state index in [1.165, 1.54) is 12.0 Å². The van der Waals surface area contributed by atoms with Crippen LogP contribution in [0.4, 0.5) is 0 Å². The molecule has 4 aliphatic rings. The number of ketones is 3. The summed E-state index contributed by atoms with van der Waals surface area (Å²) in [6, 6.07) is -1.19. The van der Waals surface area contributed by atoms with E-state index in [1.807, 2.05) is 71.9 Å². The number of allylic oxidation sites excluding steroid dienone is 6. The number of carbonyl (C=O) groups excluding carboxylic acids is 7. The number of amides is 1. The van der Waals surface area contributed by atoms with Gasteiger partial charge in [0.2, 0.25) is 5.79 Å². The van der Waals surface area contributed by atoms with Crippen LogP contribution >= 0.6 is 0 Å². The minimum absolute atomic E-state index is 0.0357. The Balaban J connectivity index is 1.76. The third-order valence-corrected chi connectivity index (χ3v) is 18.0. The molecule has 15 atom stereocenters. The molecule has 2 bridgehead atoms. The molecule has 0 radical (unpaired) electrons. The smallest absolute Gasteiger partial charge is 0.329 e. The molecule has 0 spiro atoms. The molecule has 1 N–H and O–H groups in total. The minimum atomic E-state index is -2.47. The first-order valence-corrected chi connectivity index (χ1v) is 31.1. The van der Waals surface area contributed by atoms with Gasteiger partial charge in [0.05, 0.1) is 31.2 Å². The lowest BCUT2D eigenvalue weighted by atomic mass is 9.78. The summed E-state index contributed by atoms with van der Waals surface area (Å²) in [5.74, 6) is -9.27. The lowest BCUT2D eigenvalue weighted by molar-refractivity contribution is -0.265. The molecule has 3 fully saturated rings. The van der Waals surface area contributed by atoms with Crippen LogP contribution in [0.25, 0.3) is 0 Å². The average Bonchev–Trinajstić information content (AvgIpc) is 3.51. The van der Waals surface area contributed by atoms with E-state index in [9.17, 15) is 38.7 Å². The molecule has 2 saturated heterocycles. The number of aliphatic hydroxyl groups is 1. The van der Waals surface area contributed by atoms with Crippen molar-refractivity contribution in [2.24, 2.45) is 35.5 Å². The van der Waals surface area contributed by atoms with Gasteiger partial charge in [0.25, 0.3) is 11.7 Å². The maximum Gasteiger partial charge on any atom is 0.329 e. The summed E-state index contributed by atoms with van der Waals surface area (Å²) >= 11 is 0. The highest BCUT2D eigenvalue weighted by Gasteiger charge is 2.53. The van der Waals surface area contributed by atoms with Gasteiger partial charge in [0.15, 0.2) is 18.0 Å². The van der Waals surface area contributed by atoms with Crippen LogP contribution in [0.2, 0.25) is 0 Å². The Kier molecular flexibility index (Phi) is 30.2. The summed E-state index contributed by atoms with van der Waals surface area (Å²) in [5.41, 5.74) is 1.31. The van der Waals surface area contributed by atoms with E-state index in [0.717, 1.165) is 31.8 Å². The van der Waals surface area contributed by atoms with E-state index in [1.54, 1.807) is 41.1 Å². The number of hydrogen-bond donors (Lipinski definition) is 1. The Hall–Kier alpha value is -4.43. The van der Waals surface area contributed by atoms with Gasteiger partial charge in [-0.05, 0) is 133 Å². The van der Waals surface area contributed by atoms with Crippen molar-refractivity contribution >= 4 is 41.2 Å². The molecule has 1 saturated carbocycles. The van der Waals surface area contributed by atoms with Crippen LogP contribution in [0.15, 0.2) is 47.6 Å². The number of rotatable bonds is 18. The van der Waals surface area contributed by atoms with Crippen LogP contribution in [0.3, 0.4) is 0 Å². The van der Waals surface area contributed by atoms with E-state index < -0.39 is 95.8 Å². The Bertz CT molecular complexity index is 2240. The lowest BCUT2D eigenvalue weighted by Gasteiger charge is -2.42. The van der Waals surface area contributed by atoms with Crippen LogP contribution < -0.4 is 0 Å². The molecule has 18 heteroatoms. The maximum atomic E-state index is 14.8. The number of carbonyl (C=O) groups is 7. The fraction of sp³-hybridized carbons (Fsp3) is 0.769. The molecule has 1 aliphatic carbocycles. The quantitative estimate of drug-likeness (QED) is 0.0588. The van der Waals surface area contributed by atoms with Gasteiger partial charge in [0, 0.05) is 71.6 Å². The number of methoxy groups -OCH3 is 3. The third kappa shape index (κ3) is 20.9. The molecular formula is C65H105N3O15. The number of piperidine rings is 1.